The van der Waals surface area contributed by atoms with E-state index in [0.29, 0.717) is 11.9 Å². The number of benzene rings is 1. The summed E-state index contributed by atoms with van der Waals surface area (Å²) in [4.78, 5) is 8.75. The molecule has 0 bridgehead atoms. The molecule has 1 aliphatic carbocycles. The van der Waals surface area contributed by atoms with Crippen molar-refractivity contribution in [1.82, 2.24) is 19.7 Å². The largest absolute Gasteiger partial charge is 0.383 e. The Labute approximate surface area is 148 Å². The summed E-state index contributed by atoms with van der Waals surface area (Å²) in [5.74, 6) is 0.513. The molecule has 0 spiro atoms. The first-order valence-electron chi connectivity index (χ1n) is 9.36. The second-order valence-corrected chi connectivity index (χ2v) is 6.95. The van der Waals surface area contributed by atoms with Crippen LogP contribution in [0.2, 0.25) is 0 Å². The summed E-state index contributed by atoms with van der Waals surface area (Å²) < 4.78 is 2.11. The quantitative estimate of drug-likeness (QED) is 0.714. The van der Waals surface area contributed by atoms with E-state index in [1.165, 1.54) is 31.2 Å². The average Bonchev–Trinajstić information content (AvgIpc) is 2.84. The number of nitrogens with zero attached hydrogens (tertiary/aromatic N) is 4. The normalized spacial score (nSPS) is 16.2. The highest BCUT2D eigenvalue weighted by Crippen LogP contribution is 2.35. The molecule has 2 N–H and O–H groups in total. The Hall–Kier alpha value is -2.43. The van der Waals surface area contributed by atoms with E-state index in [2.05, 4.69) is 45.8 Å². The van der Waals surface area contributed by atoms with E-state index in [1.54, 1.807) is 6.33 Å². The fourth-order valence-corrected chi connectivity index (χ4v) is 3.85. The van der Waals surface area contributed by atoms with Gasteiger partial charge in [0.1, 0.15) is 17.8 Å². The van der Waals surface area contributed by atoms with Gasteiger partial charge in [-0.25, -0.2) is 14.6 Å². The zero-order valence-electron chi connectivity index (χ0n) is 14.8. The average molecular weight is 335 g/mol. The fraction of sp³-hybridized carbons (Fsp3) is 0.450. The molecule has 3 aromatic rings. The Kier molecular flexibility index (Phi) is 4.38. The van der Waals surface area contributed by atoms with Crippen molar-refractivity contribution in [2.45, 2.75) is 57.9 Å². The van der Waals surface area contributed by atoms with E-state index in [9.17, 15) is 0 Å². The minimum absolute atomic E-state index is 0.406. The minimum atomic E-state index is 0.406. The fourth-order valence-electron chi connectivity index (χ4n) is 3.85. The monoisotopic (exact) mass is 335 g/mol. The lowest BCUT2D eigenvalue weighted by molar-refractivity contribution is 0.416. The van der Waals surface area contributed by atoms with E-state index < -0.39 is 0 Å². The molecule has 5 heteroatoms. The molecule has 0 atom stereocenters. The van der Waals surface area contributed by atoms with E-state index in [1.807, 2.05) is 0 Å². The molecule has 0 unspecified atom stereocenters. The Bertz CT molecular complexity index is 858. The summed E-state index contributed by atoms with van der Waals surface area (Å²) in [6, 6.07) is 8.98. The number of hydrogen-bond acceptors (Lipinski definition) is 4. The molecule has 130 valence electrons. The first-order chi connectivity index (χ1) is 12.3. The van der Waals surface area contributed by atoms with Crippen molar-refractivity contribution in [3.63, 3.8) is 0 Å². The number of aryl methyl sites for hydroxylation is 1. The summed E-state index contributed by atoms with van der Waals surface area (Å²) in [5.41, 5.74) is 10.4. The number of nitrogen functional groups attached to an aromatic ring is 1. The highest BCUT2D eigenvalue weighted by molar-refractivity contribution is 5.98. The van der Waals surface area contributed by atoms with E-state index in [4.69, 9.17) is 10.8 Å². The van der Waals surface area contributed by atoms with Crippen LogP contribution in [0.15, 0.2) is 30.6 Å². The Morgan fingerprint density at radius 3 is 2.44 bits per heavy atom. The van der Waals surface area contributed by atoms with Gasteiger partial charge in [0.05, 0.1) is 11.4 Å². The number of hydrogen-bond donors (Lipinski definition) is 1. The predicted molar refractivity (Wildman–Crippen MR) is 101 cm³/mol. The predicted octanol–water partition coefficient (Wildman–Crippen LogP) is 4.53. The zero-order chi connectivity index (χ0) is 17.2. The lowest BCUT2D eigenvalue weighted by Gasteiger charge is -2.15. The van der Waals surface area contributed by atoms with E-state index >= 15 is 0 Å². The van der Waals surface area contributed by atoms with Gasteiger partial charge < -0.3 is 5.73 Å². The van der Waals surface area contributed by atoms with Crippen LogP contribution in [0.25, 0.3) is 22.3 Å². The number of rotatable bonds is 3. The molecule has 4 rings (SSSR count). The van der Waals surface area contributed by atoms with Crippen LogP contribution in [0, 0.1) is 0 Å². The lowest BCUT2D eigenvalue weighted by Crippen LogP contribution is -2.10. The first kappa shape index (κ1) is 16.1. The van der Waals surface area contributed by atoms with Crippen molar-refractivity contribution in [2.75, 3.05) is 5.73 Å². The molecule has 0 radical (unpaired) electrons. The zero-order valence-corrected chi connectivity index (χ0v) is 14.8. The van der Waals surface area contributed by atoms with Gasteiger partial charge in [-0.15, -0.1) is 0 Å². The van der Waals surface area contributed by atoms with Crippen molar-refractivity contribution in [3.05, 3.63) is 36.2 Å². The van der Waals surface area contributed by atoms with Crippen molar-refractivity contribution < 1.29 is 0 Å². The SMILES string of the molecule is CCc1ccc(-c2nn(C3CCCCCC3)c3ncnc(N)c23)cc1. The van der Waals surface area contributed by atoms with Gasteiger partial charge >= 0.3 is 0 Å². The Morgan fingerprint density at radius 1 is 1.04 bits per heavy atom. The maximum atomic E-state index is 6.22. The van der Waals surface area contributed by atoms with Gasteiger partial charge in [0.2, 0.25) is 0 Å². The van der Waals surface area contributed by atoms with Gasteiger partial charge in [-0.3, -0.25) is 0 Å². The topological polar surface area (TPSA) is 69.6 Å². The van der Waals surface area contributed by atoms with Gasteiger partial charge in [-0.1, -0.05) is 56.9 Å². The molecule has 2 heterocycles. The van der Waals surface area contributed by atoms with Crippen molar-refractivity contribution >= 4 is 16.9 Å². The molecule has 0 amide bonds. The van der Waals surface area contributed by atoms with Gasteiger partial charge in [0.25, 0.3) is 0 Å². The third-order valence-electron chi connectivity index (χ3n) is 5.32. The molecule has 1 saturated carbocycles. The van der Waals surface area contributed by atoms with Crippen LogP contribution in [-0.2, 0) is 6.42 Å². The molecule has 1 aliphatic rings. The molecule has 0 aliphatic heterocycles. The number of aromatic nitrogens is 4. The Balaban J connectivity index is 1.86. The molecule has 0 saturated heterocycles. The second-order valence-electron chi connectivity index (χ2n) is 6.95. The molecule has 1 fully saturated rings. The Morgan fingerprint density at radius 2 is 1.76 bits per heavy atom. The van der Waals surface area contributed by atoms with Crippen LogP contribution in [0.5, 0.6) is 0 Å². The smallest absolute Gasteiger partial charge is 0.164 e. The molecule has 25 heavy (non-hydrogen) atoms. The highest BCUT2D eigenvalue weighted by Gasteiger charge is 2.22. The summed E-state index contributed by atoms with van der Waals surface area (Å²) in [5, 5.41) is 5.86. The van der Waals surface area contributed by atoms with Gasteiger partial charge in [-0.05, 0) is 24.8 Å². The summed E-state index contributed by atoms with van der Waals surface area (Å²) >= 11 is 0. The number of fused-ring (bicyclic) bond motifs is 1. The third-order valence-corrected chi connectivity index (χ3v) is 5.32. The van der Waals surface area contributed by atoms with Gasteiger partial charge in [0, 0.05) is 5.56 Å². The van der Waals surface area contributed by atoms with Gasteiger partial charge in [-0.2, -0.15) is 5.10 Å². The molecule has 1 aromatic carbocycles. The summed E-state index contributed by atoms with van der Waals surface area (Å²) in [6.07, 6.45) is 10.1. The minimum Gasteiger partial charge on any atom is -0.383 e. The molecule has 5 nitrogen and oxygen atoms in total. The molecular weight excluding hydrogens is 310 g/mol. The number of anilines is 1. The highest BCUT2D eigenvalue weighted by atomic mass is 15.3. The third kappa shape index (κ3) is 2.99. The van der Waals surface area contributed by atoms with Crippen LogP contribution in [0.1, 0.15) is 57.1 Å². The van der Waals surface area contributed by atoms with Crippen LogP contribution >= 0.6 is 0 Å². The maximum Gasteiger partial charge on any atom is 0.164 e. The lowest BCUT2D eigenvalue weighted by atomic mass is 10.1. The maximum absolute atomic E-state index is 6.22. The summed E-state index contributed by atoms with van der Waals surface area (Å²) in [7, 11) is 0. The number of nitrogens with two attached hydrogens (primary N) is 1. The van der Waals surface area contributed by atoms with Crippen molar-refractivity contribution in [1.29, 1.82) is 0 Å². The van der Waals surface area contributed by atoms with Crippen molar-refractivity contribution in [3.8, 4) is 11.3 Å². The van der Waals surface area contributed by atoms with Crippen LogP contribution in [0.4, 0.5) is 5.82 Å². The van der Waals surface area contributed by atoms with Gasteiger partial charge in [0.15, 0.2) is 5.65 Å². The van der Waals surface area contributed by atoms with E-state index in [0.717, 1.165) is 41.6 Å². The molecule has 2 aromatic heterocycles. The second kappa shape index (κ2) is 6.82. The first-order valence-corrected chi connectivity index (χ1v) is 9.36. The van der Waals surface area contributed by atoms with Crippen LogP contribution in [0.3, 0.4) is 0 Å². The van der Waals surface area contributed by atoms with Crippen LogP contribution < -0.4 is 5.73 Å². The standard InChI is InChI=1S/C20H25N5/c1-2-14-9-11-15(12-10-14)18-17-19(21)22-13-23-20(17)25(24-18)16-7-5-3-4-6-8-16/h9-13,16H,2-8H2,1H3,(H2,21,22,23). The summed E-state index contributed by atoms with van der Waals surface area (Å²) in [6.45, 7) is 2.16. The molecular formula is C20H25N5. The van der Waals surface area contributed by atoms with E-state index in [-0.39, 0.29) is 0 Å². The van der Waals surface area contributed by atoms with Crippen molar-refractivity contribution in [2.24, 2.45) is 0 Å². The van der Waals surface area contributed by atoms with Crippen LogP contribution in [-0.4, -0.2) is 19.7 Å².